The molecule has 2 heteroatoms. The number of hydrogen-bond acceptors (Lipinski definition) is 2. The minimum atomic E-state index is -0.166. The van der Waals surface area contributed by atoms with E-state index in [1.54, 1.807) is 0 Å². The van der Waals surface area contributed by atoms with Crippen molar-refractivity contribution in [3.05, 3.63) is 163 Å². The molecule has 0 N–H and O–H groups in total. The van der Waals surface area contributed by atoms with E-state index in [0.717, 1.165) is 33.3 Å². The molecule has 214 valence electrons. The van der Waals surface area contributed by atoms with Gasteiger partial charge in [-0.3, -0.25) is 0 Å². The van der Waals surface area contributed by atoms with Gasteiger partial charge in [-0.1, -0.05) is 135 Å². The van der Waals surface area contributed by atoms with Crippen molar-refractivity contribution in [2.45, 2.75) is 19.3 Å². The Morgan fingerprint density at radius 2 is 1.16 bits per heavy atom. The van der Waals surface area contributed by atoms with Gasteiger partial charge in [0.15, 0.2) is 0 Å². The number of anilines is 3. The molecule has 0 atom stereocenters. The molecule has 2 nitrogen and oxygen atoms in total. The lowest BCUT2D eigenvalue weighted by molar-refractivity contribution is 0.666. The summed E-state index contributed by atoms with van der Waals surface area (Å²) in [5, 5.41) is 4.77. The second-order valence-electron chi connectivity index (χ2n) is 12.5. The van der Waals surface area contributed by atoms with E-state index in [9.17, 15) is 0 Å². The van der Waals surface area contributed by atoms with E-state index in [-0.39, 0.29) is 5.41 Å². The fourth-order valence-electron chi connectivity index (χ4n) is 7.67. The van der Waals surface area contributed by atoms with Crippen LogP contribution in [0.4, 0.5) is 17.1 Å². The van der Waals surface area contributed by atoms with Gasteiger partial charge in [-0.05, 0) is 63.4 Å². The fraction of sp³-hybridized carbons (Fsp3) is 0.0698. The molecule has 0 unspecified atom stereocenters. The van der Waals surface area contributed by atoms with Crippen molar-refractivity contribution >= 4 is 49.8 Å². The van der Waals surface area contributed by atoms with Gasteiger partial charge in [0.1, 0.15) is 11.2 Å². The lowest BCUT2D eigenvalue weighted by atomic mass is 9.80. The van der Waals surface area contributed by atoms with Gasteiger partial charge in [-0.15, -0.1) is 0 Å². The Morgan fingerprint density at radius 3 is 2.02 bits per heavy atom. The van der Waals surface area contributed by atoms with Gasteiger partial charge in [0.05, 0.1) is 22.4 Å². The van der Waals surface area contributed by atoms with Crippen molar-refractivity contribution in [3.63, 3.8) is 0 Å². The molecule has 1 aromatic heterocycles. The number of hydrogen-bond donors (Lipinski definition) is 0. The molecule has 0 saturated heterocycles. The molecule has 0 radical (unpaired) electrons. The minimum absolute atomic E-state index is 0.166. The van der Waals surface area contributed by atoms with E-state index in [4.69, 9.17) is 4.42 Å². The number of nitrogens with zero attached hydrogens (tertiary/aromatic N) is 1. The first-order valence-corrected chi connectivity index (χ1v) is 15.6. The smallest absolute Gasteiger partial charge is 0.137 e. The monoisotopic (exact) mass is 577 g/mol. The molecular formula is C43H31NO. The molecule has 0 aliphatic heterocycles. The molecule has 0 bridgehead atoms. The number of fused-ring (bicyclic) bond motifs is 8. The number of para-hydroxylation sites is 2. The standard InChI is InChI=1S/C43H31NO/c1-43(2)34-22-11-8-20-32(34)41-37(27-29-17-6-7-19-31(29)42(41)43)44(35-23-12-9-18-30(35)28-15-4-3-5-16-28)36-24-14-26-39-40(36)33-21-10-13-25-38(33)45-39/h3-27H,1-2H3. The summed E-state index contributed by atoms with van der Waals surface area (Å²) in [5.41, 5.74) is 12.7. The molecule has 7 aromatic carbocycles. The van der Waals surface area contributed by atoms with E-state index < -0.39 is 0 Å². The van der Waals surface area contributed by atoms with E-state index in [1.165, 1.54) is 49.8 Å². The Balaban J connectivity index is 1.47. The van der Waals surface area contributed by atoms with Crippen LogP contribution in [0.5, 0.6) is 0 Å². The van der Waals surface area contributed by atoms with Gasteiger partial charge in [-0.2, -0.15) is 0 Å². The van der Waals surface area contributed by atoms with Crippen LogP contribution >= 0.6 is 0 Å². The summed E-state index contributed by atoms with van der Waals surface area (Å²) in [6.07, 6.45) is 0. The average molecular weight is 578 g/mol. The predicted octanol–water partition coefficient (Wildman–Crippen LogP) is 12.2. The maximum absolute atomic E-state index is 6.46. The van der Waals surface area contributed by atoms with Crippen molar-refractivity contribution in [2.75, 3.05) is 4.90 Å². The number of rotatable bonds is 4. The third-order valence-electron chi connectivity index (χ3n) is 9.62. The van der Waals surface area contributed by atoms with Crippen LogP contribution in [0.25, 0.3) is 55.0 Å². The molecule has 0 fully saturated rings. The van der Waals surface area contributed by atoms with Crippen LogP contribution in [0.15, 0.2) is 156 Å². The lowest BCUT2D eigenvalue weighted by Gasteiger charge is -2.32. The summed E-state index contributed by atoms with van der Waals surface area (Å²) in [6, 6.07) is 54.6. The van der Waals surface area contributed by atoms with E-state index >= 15 is 0 Å². The molecule has 8 aromatic rings. The highest BCUT2D eigenvalue weighted by atomic mass is 16.3. The zero-order chi connectivity index (χ0) is 30.1. The van der Waals surface area contributed by atoms with Crippen molar-refractivity contribution in [1.29, 1.82) is 0 Å². The molecular weight excluding hydrogens is 546 g/mol. The SMILES string of the molecule is CC1(C)c2ccccc2-c2c(N(c3ccccc3-c3ccccc3)c3cccc4oc5ccccc5c34)cc3ccccc3c21. The normalized spacial score (nSPS) is 13.3. The van der Waals surface area contributed by atoms with Gasteiger partial charge >= 0.3 is 0 Å². The summed E-state index contributed by atoms with van der Waals surface area (Å²) in [5.74, 6) is 0. The Kier molecular flexibility index (Phi) is 5.58. The first-order valence-electron chi connectivity index (χ1n) is 15.6. The average Bonchev–Trinajstić information content (AvgIpc) is 3.59. The molecule has 9 rings (SSSR count). The molecule has 0 saturated carbocycles. The van der Waals surface area contributed by atoms with Gasteiger partial charge in [0, 0.05) is 21.9 Å². The summed E-state index contributed by atoms with van der Waals surface area (Å²) < 4.78 is 6.46. The Labute approximate surface area is 262 Å². The van der Waals surface area contributed by atoms with Crippen LogP contribution in [0, 0.1) is 0 Å². The molecule has 0 amide bonds. The van der Waals surface area contributed by atoms with Crippen molar-refractivity contribution in [3.8, 4) is 22.3 Å². The predicted molar refractivity (Wildman–Crippen MR) is 189 cm³/mol. The van der Waals surface area contributed by atoms with E-state index in [2.05, 4.69) is 164 Å². The largest absolute Gasteiger partial charge is 0.456 e. The van der Waals surface area contributed by atoms with E-state index in [1.807, 2.05) is 6.07 Å². The van der Waals surface area contributed by atoms with Crippen molar-refractivity contribution in [2.24, 2.45) is 0 Å². The van der Waals surface area contributed by atoms with Crippen LogP contribution in [-0.2, 0) is 5.41 Å². The third kappa shape index (κ3) is 3.76. The number of furan rings is 1. The van der Waals surface area contributed by atoms with Gasteiger partial charge in [-0.25, -0.2) is 0 Å². The Morgan fingerprint density at radius 1 is 0.511 bits per heavy atom. The molecule has 1 aliphatic carbocycles. The first-order chi connectivity index (χ1) is 22.1. The minimum Gasteiger partial charge on any atom is -0.456 e. The second-order valence-corrected chi connectivity index (χ2v) is 12.5. The van der Waals surface area contributed by atoms with Gasteiger partial charge in [0.25, 0.3) is 0 Å². The zero-order valence-electron chi connectivity index (χ0n) is 25.3. The fourth-order valence-corrected chi connectivity index (χ4v) is 7.67. The van der Waals surface area contributed by atoms with Gasteiger partial charge in [0.2, 0.25) is 0 Å². The zero-order valence-corrected chi connectivity index (χ0v) is 25.3. The van der Waals surface area contributed by atoms with E-state index in [0.29, 0.717) is 0 Å². The maximum atomic E-state index is 6.46. The lowest BCUT2D eigenvalue weighted by Crippen LogP contribution is -2.17. The second kappa shape index (κ2) is 9.70. The highest BCUT2D eigenvalue weighted by Crippen LogP contribution is 2.58. The Hall–Kier alpha value is -5.60. The highest BCUT2D eigenvalue weighted by molar-refractivity contribution is 6.15. The molecule has 1 aliphatic rings. The highest BCUT2D eigenvalue weighted by Gasteiger charge is 2.40. The van der Waals surface area contributed by atoms with Crippen LogP contribution in [-0.4, -0.2) is 0 Å². The molecule has 45 heavy (non-hydrogen) atoms. The number of benzene rings is 7. The molecule has 0 spiro atoms. The third-order valence-corrected chi connectivity index (χ3v) is 9.62. The van der Waals surface area contributed by atoms with Crippen LogP contribution in [0.2, 0.25) is 0 Å². The van der Waals surface area contributed by atoms with Crippen LogP contribution in [0.3, 0.4) is 0 Å². The summed E-state index contributed by atoms with van der Waals surface area (Å²) in [6.45, 7) is 4.75. The van der Waals surface area contributed by atoms with Gasteiger partial charge < -0.3 is 9.32 Å². The first kappa shape index (κ1) is 25.9. The van der Waals surface area contributed by atoms with Crippen molar-refractivity contribution < 1.29 is 4.42 Å². The van der Waals surface area contributed by atoms with Crippen molar-refractivity contribution in [1.82, 2.24) is 0 Å². The quantitative estimate of drug-likeness (QED) is 0.207. The van der Waals surface area contributed by atoms with Crippen LogP contribution in [0.1, 0.15) is 25.0 Å². The molecule has 1 heterocycles. The summed E-state index contributed by atoms with van der Waals surface area (Å²) in [4.78, 5) is 2.50. The maximum Gasteiger partial charge on any atom is 0.137 e. The summed E-state index contributed by atoms with van der Waals surface area (Å²) in [7, 11) is 0. The summed E-state index contributed by atoms with van der Waals surface area (Å²) >= 11 is 0. The topological polar surface area (TPSA) is 16.4 Å². The Bertz CT molecular complexity index is 2410. The van der Waals surface area contributed by atoms with Crippen LogP contribution < -0.4 is 4.90 Å².